The molecule has 0 radical (unpaired) electrons. The summed E-state index contributed by atoms with van der Waals surface area (Å²) in [4.78, 5) is 22.2. The molecule has 1 aromatic carbocycles. The smallest absolute Gasteiger partial charge is 0.256 e. The van der Waals surface area contributed by atoms with E-state index in [-0.39, 0.29) is 16.9 Å². The first-order chi connectivity index (χ1) is 7.07. The Bertz CT molecular complexity index is 402. The molecule has 0 atom stereocenters. The maximum Gasteiger partial charge on any atom is 0.256 e. The second-order valence-electron chi connectivity index (χ2n) is 2.66. The van der Waals surface area contributed by atoms with Crippen molar-refractivity contribution in [2.45, 2.75) is 6.92 Å². The Balaban J connectivity index is 3.34. The Morgan fingerprint density at radius 2 is 1.93 bits per heavy atom. The molecule has 0 aliphatic carbocycles. The van der Waals surface area contributed by atoms with Crippen molar-refractivity contribution in [2.24, 2.45) is 0 Å². The van der Waals surface area contributed by atoms with Gasteiger partial charge in [0.15, 0.2) is 0 Å². The van der Waals surface area contributed by atoms with E-state index in [4.69, 9.17) is 27.9 Å². The van der Waals surface area contributed by atoms with Crippen molar-refractivity contribution < 1.29 is 14.3 Å². The molecular formula is C10H8Cl2O3. The van der Waals surface area contributed by atoms with Crippen LogP contribution in [0.3, 0.4) is 0 Å². The third-order valence-corrected chi connectivity index (χ3v) is 2.13. The van der Waals surface area contributed by atoms with Crippen LogP contribution in [0, 0.1) is 0 Å². The van der Waals surface area contributed by atoms with Gasteiger partial charge >= 0.3 is 0 Å². The van der Waals surface area contributed by atoms with E-state index >= 15 is 0 Å². The molecule has 80 valence electrons. The van der Waals surface area contributed by atoms with Gasteiger partial charge in [-0.3, -0.25) is 9.59 Å². The molecular weight excluding hydrogens is 239 g/mol. The minimum Gasteiger partial charge on any atom is -0.493 e. The van der Waals surface area contributed by atoms with Gasteiger partial charge in [0, 0.05) is 5.56 Å². The lowest BCUT2D eigenvalue weighted by Crippen LogP contribution is -2.05. The standard InChI is InChI=1S/C10H8Cl2O3/c1-2-15-7-5-3-4-6(9(11)13)8(7)10(12)14/h3-5H,2H2,1H3. The van der Waals surface area contributed by atoms with Crippen molar-refractivity contribution in [1.82, 2.24) is 0 Å². The molecule has 0 aromatic heterocycles. The van der Waals surface area contributed by atoms with Crippen LogP contribution in [0.4, 0.5) is 0 Å². The second-order valence-corrected chi connectivity index (χ2v) is 3.35. The first-order valence-corrected chi connectivity index (χ1v) is 4.99. The maximum atomic E-state index is 11.1. The Kier molecular flexibility index (Phi) is 4.12. The summed E-state index contributed by atoms with van der Waals surface area (Å²) in [5.41, 5.74) is 0.0728. The average Bonchev–Trinajstić information content (AvgIpc) is 2.17. The predicted molar refractivity (Wildman–Crippen MR) is 58.0 cm³/mol. The molecule has 0 saturated heterocycles. The quantitative estimate of drug-likeness (QED) is 0.768. The minimum absolute atomic E-state index is 0.0148. The van der Waals surface area contributed by atoms with Crippen molar-refractivity contribution in [3.8, 4) is 5.75 Å². The van der Waals surface area contributed by atoms with Crippen molar-refractivity contribution in [2.75, 3.05) is 6.61 Å². The molecule has 1 rings (SSSR count). The van der Waals surface area contributed by atoms with Crippen LogP contribution in [0.25, 0.3) is 0 Å². The first kappa shape index (κ1) is 12.0. The van der Waals surface area contributed by atoms with E-state index in [2.05, 4.69) is 0 Å². The van der Waals surface area contributed by atoms with Crippen LogP contribution in [-0.4, -0.2) is 17.1 Å². The summed E-state index contributed by atoms with van der Waals surface area (Å²) in [5, 5.41) is -1.50. The summed E-state index contributed by atoms with van der Waals surface area (Å²) in [7, 11) is 0. The molecule has 0 N–H and O–H groups in total. The highest BCUT2D eigenvalue weighted by atomic mass is 35.5. The largest absolute Gasteiger partial charge is 0.493 e. The van der Waals surface area contributed by atoms with Crippen molar-refractivity contribution in [1.29, 1.82) is 0 Å². The summed E-state index contributed by atoms with van der Waals surface area (Å²) >= 11 is 10.7. The van der Waals surface area contributed by atoms with Crippen LogP contribution in [0.2, 0.25) is 0 Å². The molecule has 0 bridgehead atoms. The van der Waals surface area contributed by atoms with Crippen molar-refractivity contribution >= 4 is 33.7 Å². The van der Waals surface area contributed by atoms with E-state index in [9.17, 15) is 9.59 Å². The molecule has 5 heteroatoms. The molecule has 0 spiro atoms. The zero-order valence-corrected chi connectivity index (χ0v) is 9.43. The fourth-order valence-electron chi connectivity index (χ4n) is 1.17. The minimum atomic E-state index is -0.761. The van der Waals surface area contributed by atoms with E-state index < -0.39 is 10.5 Å². The van der Waals surface area contributed by atoms with Gasteiger partial charge in [-0.05, 0) is 42.3 Å². The topological polar surface area (TPSA) is 43.4 Å². The molecule has 0 amide bonds. The molecule has 0 unspecified atom stereocenters. The Morgan fingerprint density at radius 3 is 2.40 bits per heavy atom. The van der Waals surface area contributed by atoms with Crippen LogP contribution in [0.5, 0.6) is 5.75 Å². The van der Waals surface area contributed by atoms with E-state index in [0.717, 1.165) is 0 Å². The van der Waals surface area contributed by atoms with E-state index in [1.165, 1.54) is 6.07 Å². The van der Waals surface area contributed by atoms with Gasteiger partial charge < -0.3 is 4.74 Å². The normalized spacial score (nSPS) is 9.80. The number of carbonyl (C=O) groups is 2. The van der Waals surface area contributed by atoms with Gasteiger partial charge in [-0.1, -0.05) is 6.07 Å². The molecule has 15 heavy (non-hydrogen) atoms. The molecule has 1 aromatic rings. The molecule has 0 fully saturated rings. The predicted octanol–water partition coefficient (Wildman–Crippen LogP) is 2.84. The highest BCUT2D eigenvalue weighted by Crippen LogP contribution is 2.25. The Morgan fingerprint density at radius 1 is 1.27 bits per heavy atom. The molecule has 0 heterocycles. The summed E-state index contributed by atoms with van der Waals surface area (Å²) in [5.74, 6) is 0.268. The van der Waals surface area contributed by atoms with Crippen LogP contribution >= 0.6 is 23.2 Å². The number of rotatable bonds is 4. The third-order valence-electron chi connectivity index (χ3n) is 1.73. The lowest BCUT2D eigenvalue weighted by Gasteiger charge is -2.09. The Labute approximate surface area is 96.9 Å². The van der Waals surface area contributed by atoms with Gasteiger partial charge in [0.25, 0.3) is 10.5 Å². The molecule has 0 aliphatic rings. The SMILES string of the molecule is CCOc1cccc(C(=O)Cl)c1C(=O)Cl. The molecule has 3 nitrogen and oxygen atoms in total. The lowest BCUT2D eigenvalue weighted by atomic mass is 10.1. The van der Waals surface area contributed by atoms with Crippen LogP contribution in [-0.2, 0) is 0 Å². The highest BCUT2D eigenvalue weighted by Gasteiger charge is 2.19. The second kappa shape index (κ2) is 5.14. The summed E-state index contributed by atoms with van der Waals surface area (Å²) in [6.45, 7) is 2.13. The number of ether oxygens (including phenoxy) is 1. The molecule has 0 aliphatic heterocycles. The van der Waals surface area contributed by atoms with Crippen molar-refractivity contribution in [3.05, 3.63) is 29.3 Å². The van der Waals surface area contributed by atoms with Crippen LogP contribution in [0.1, 0.15) is 27.6 Å². The number of hydrogen-bond donors (Lipinski definition) is 0. The summed E-state index contributed by atoms with van der Waals surface area (Å²) < 4.78 is 5.17. The number of benzene rings is 1. The number of hydrogen-bond acceptors (Lipinski definition) is 3. The van der Waals surface area contributed by atoms with Gasteiger partial charge in [-0.2, -0.15) is 0 Å². The fourth-order valence-corrected chi connectivity index (χ4v) is 1.53. The first-order valence-electron chi connectivity index (χ1n) is 4.23. The zero-order valence-electron chi connectivity index (χ0n) is 7.92. The van der Waals surface area contributed by atoms with Gasteiger partial charge in [0.05, 0.1) is 12.2 Å². The number of carbonyl (C=O) groups excluding carboxylic acids is 2. The van der Waals surface area contributed by atoms with E-state index in [1.807, 2.05) is 0 Å². The highest BCUT2D eigenvalue weighted by molar-refractivity contribution is 6.72. The van der Waals surface area contributed by atoms with Crippen LogP contribution < -0.4 is 4.74 Å². The average molecular weight is 247 g/mol. The van der Waals surface area contributed by atoms with Gasteiger partial charge in [0.2, 0.25) is 0 Å². The molecule has 0 saturated carbocycles. The van der Waals surface area contributed by atoms with E-state index in [0.29, 0.717) is 6.61 Å². The van der Waals surface area contributed by atoms with E-state index in [1.54, 1.807) is 19.1 Å². The third kappa shape index (κ3) is 2.70. The zero-order chi connectivity index (χ0) is 11.4. The number of halogens is 2. The lowest BCUT2D eigenvalue weighted by molar-refractivity contribution is 0.104. The van der Waals surface area contributed by atoms with Crippen molar-refractivity contribution in [3.63, 3.8) is 0 Å². The Hall–Kier alpha value is -1.06. The van der Waals surface area contributed by atoms with Crippen LogP contribution in [0.15, 0.2) is 18.2 Å². The summed E-state index contributed by atoms with van der Waals surface area (Å²) in [6.07, 6.45) is 0. The fraction of sp³-hybridized carbons (Fsp3) is 0.200. The summed E-state index contributed by atoms with van der Waals surface area (Å²) in [6, 6.07) is 4.56. The van der Waals surface area contributed by atoms with Gasteiger partial charge in [0.1, 0.15) is 5.75 Å². The monoisotopic (exact) mass is 246 g/mol. The van der Waals surface area contributed by atoms with Gasteiger partial charge in [-0.25, -0.2) is 0 Å². The van der Waals surface area contributed by atoms with Gasteiger partial charge in [-0.15, -0.1) is 0 Å². The maximum absolute atomic E-state index is 11.1.